The highest BCUT2D eigenvalue weighted by Gasteiger charge is 2.25. The summed E-state index contributed by atoms with van der Waals surface area (Å²) in [6.07, 6.45) is 4.16. The van der Waals surface area contributed by atoms with Gasteiger partial charge in [0.2, 0.25) is 5.95 Å². The van der Waals surface area contributed by atoms with Crippen LogP contribution in [0.2, 0.25) is 0 Å². The maximum atomic E-state index is 12.7. The van der Waals surface area contributed by atoms with Crippen molar-refractivity contribution in [1.29, 1.82) is 0 Å². The summed E-state index contributed by atoms with van der Waals surface area (Å²) in [7, 11) is 4.01. The van der Waals surface area contributed by atoms with E-state index in [9.17, 15) is 4.79 Å². The van der Waals surface area contributed by atoms with Crippen molar-refractivity contribution in [3.8, 4) is 0 Å². The maximum absolute atomic E-state index is 12.7. The molecule has 0 saturated heterocycles. The van der Waals surface area contributed by atoms with E-state index in [0.717, 1.165) is 59.1 Å². The van der Waals surface area contributed by atoms with Gasteiger partial charge in [-0.05, 0) is 81.7 Å². The topological polar surface area (TPSA) is 82.2 Å². The number of amides is 2. The lowest BCUT2D eigenvalue weighted by molar-refractivity contribution is 0.225. The number of allylic oxidation sites excluding steroid dienone is 1. The van der Waals surface area contributed by atoms with E-state index >= 15 is 0 Å². The van der Waals surface area contributed by atoms with Crippen molar-refractivity contribution in [3.63, 3.8) is 0 Å². The van der Waals surface area contributed by atoms with Crippen LogP contribution < -0.4 is 20.9 Å². The summed E-state index contributed by atoms with van der Waals surface area (Å²) in [6.45, 7) is 10.8. The molecule has 0 bridgehead atoms. The molecule has 4 rings (SSSR count). The van der Waals surface area contributed by atoms with Gasteiger partial charge in [-0.25, -0.2) is 9.78 Å². The number of hydrogen-bond acceptors (Lipinski definition) is 5. The Bertz CT molecular complexity index is 1260. The Morgan fingerprint density at radius 1 is 1.05 bits per heavy atom. The molecule has 37 heavy (non-hydrogen) atoms. The minimum absolute atomic E-state index is 0.133. The first-order valence-corrected chi connectivity index (χ1v) is 13.2. The van der Waals surface area contributed by atoms with Crippen LogP contribution in [0.3, 0.4) is 0 Å². The zero-order chi connectivity index (χ0) is 26.6. The van der Waals surface area contributed by atoms with E-state index in [-0.39, 0.29) is 6.03 Å². The fourth-order valence-electron chi connectivity index (χ4n) is 4.97. The number of hydrogen-bond donors (Lipinski definition) is 3. The van der Waals surface area contributed by atoms with Gasteiger partial charge in [0.05, 0.1) is 11.1 Å². The molecule has 1 aromatic heterocycles. The molecule has 2 amide bonds. The van der Waals surface area contributed by atoms with Crippen LogP contribution in [0.25, 0.3) is 16.5 Å². The van der Waals surface area contributed by atoms with Gasteiger partial charge < -0.3 is 20.9 Å². The first-order chi connectivity index (χ1) is 17.6. The van der Waals surface area contributed by atoms with Crippen LogP contribution in [-0.4, -0.2) is 42.7 Å². The average molecular weight is 501 g/mol. The second kappa shape index (κ2) is 11.2. The van der Waals surface area contributed by atoms with Crippen LogP contribution in [0.15, 0.2) is 55.1 Å². The van der Waals surface area contributed by atoms with Gasteiger partial charge in [0.1, 0.15) is 5.82 Å². The third-order valence-corrected chi connectivity index (χ3v) is 7.24. The molecule has 1 aliphatic rings. The highest BCUT2D eigenvalue weighted by molar-refractivity contribution is 5.90. The Balaban J connectivity index is 1.27. The molecule has 7 heteroatoms. The van der Waals surface area contributed by atoms with E-state index in [1.54, 1.807) is 0 Å². The predicted molar refractivity (Wildman–Crippen MR) is 154 cm³/mol. The number of rotatable bonds is 8. The van der Waals surface area contributed by atoms with Crippen molar-refractivity contribution in [1.82, 2.24) is 20.6 Å². The Hall–Kier alpha value is -3.61. The number of nitrogens with one attached hydrogen (secondary N) is 3. The monoisotopic (exact) mass is 500 g/mol. The minimum Gasteiger partial charge on any atom is -0.362 e. The van der Waals surface area contributed by atoms with Gasteiger partial charge in [-0.3, -0.25) is 0 Å². The SMILES string of the molecule is C=C(C)c1cccc(C(C)(C)NC(=O)NC[C@H]2CC[C@@H](Nc3nc(N(C)C)c4ccccc4n3)CC2)c1. The number of carbonyl (C=O) groups excluding carboxylic acids is 1. The van der Waals surface area contributed by atoms with Crippen molar-refractivity contribution in [2.45, 2.75) is 58.0 Å². The molecule has 1 aliphatic carbocycles. The molecule has 0 unspecified atom stereocenters. The first kappa shape index (κ1) is 26.5. The summed E-state index contributed by atoms with van der Waals surface area (Å²) in [4.78, 5) is 24.3. The number of fused-ring (bicyclic) bond motifs is 1. The zero-order valence-electron chi connectivity index (χ0n) is 22.8. The lowest BCUT2D eigenvalue weighted by Crippen LogP contribution is -2.47. The molecule has 1 heterocycles. The van der Waals surface area contributed by atoms with E-state index in [4.69, 9.17) is 9.97 Å². The summed E-state index contributed by atoms with van der Waals surface area (Å²) in [5.74, 6) is 2.07. The Labute approximate surface area is 220 Å². The average Bonchev–Trinajstić information content (AvgIpc) is 2.87. The zero-order valence-corrected chi connectivity index (χ0v) is 22.8. The van der Waals surface area contributed by atoms with E-state index in [2.05, 4.69) is 34.7 Å². The lowest BCUT2D eigenvalue weighted by Gasteiger charge is -2.31. The highest BCUT2D eigenvalue weighted by Crippen LogP contribution is 2.28. The second-order valence-electron chi connectivity index (χ2n) is 11.0. The van der Waals surface area contributed by atoms with Gasteiger partial charge in [-0.1, -0.05) is 42.5 Å². The third-order valence-electron chi connectivity index (χ3n) is 7.24. The standard InChI is InChI=1S/C30H40N6O/c1-20(2)22-10-9-11-23(18-22)30(3,4)35-29(37)31-19-21-14-16-24(17-15-21)32-28-33-26-13-8-7-12-25(26)27(34-28)36(5)6/h7-13,18,21,24H,1,14-17,19H2,2-6H3,(H2,31,35,37)(H,32,33,34)/t21-,24+. The summed E-state index contributed by atoms with van der Waals surface area (Å²) in [6, 6.07) is 16.5. The van der Waals surface area contributed by atoms with Crippen molar-refractivity contribution in [2.75, 3.05) is 30.9 Å². The van der Waals surface area contributed by atoms with Crippen LogP contribution in [0.1, 0.15) is 57.6 Å². The van der Waals surface area contributed by atoms with Crippen molar-refractivity contribution in [2.24, 2.45) is 5.92 Å². The third kappa shape index (κ3) is 6.59. The molecule has 1 saturated carbocycles. The molecular formula is C30H40N6O. The van der Waals surface area contributed by atoms with Crippen LogP contribution in [0.5, 0.6) is 0 Å². The molecule has 3 aromatic rings. The summed E-state index contributed by atoms with van der Waals surface area (Å²) in [5, 5.41) is 10.9. The molecule has 0 atom stereocenters. The molecule has 0 aliphatic heterocycles. The summed E-state index contributed by atoms with van der Waals surface area (Å²) in [5.41, 5.74) is 3.62. The molecular weight excluding hydrogens is 460 g/mol. The van der Waals surface area contributed by atoms with Crippen LogP contribution >= 0.6 is 0 Å². The fraction of sp³-hybridized carbons (Fsp3) is 0.433. The van der Waals surface area contributed by atoms with Crippen LogP contribution in [0, 0.1) is 5.92 Å². The number of nitrogens with zero attached hydrogens (tertiary/aromatic N) is 3. The maximum Gasteiger partial charge on any atom is 0.315 e. The van der Waals surface area contributed by atoms with E-state index < -0.39 is 5.54 Å². The molecule has 7 nitrogen and oxygen atoms in total. The minimum atomic E-state index is -0.484. The van der Waals surface area contributed by atoms with Gasteiger partial charge in [-0.2, -0.15) is 4.98 Å². The van der Waals surface area contributed by atoms with Gasteiger partial charge in [0.25, 0.3) is 0 Å². The lowest BCUT2D eigenvalue weighted by atomic mass is 9.86. The molecule has 3 N–H and O–H groups in total. The molecule has 196 valence electrons. The Morgan fingerprint density at radius 2 is 1.78 bits per heavy atom. The quantitative estimate of drug-likeness (QED) is 0.357. The smallest absolute Gasteiger partial charge is 0.315 e. The number of aromatic nitrogens is 2. The molecule has 2 aromatic carbocycles. The molecule has 1 fully saturated rings. The van der Waals surface area contributed by atoms with Gasteiger partial charge >= 0.3 is 6.03 Å². The van der Waals surface area contributed by atoms with Gasteiger partial charge in [-0.15, -0.1) is 0 Å². The number of anilines is 2. The highest BCUT2D eigenvalue weighted by atomic mass is 16.2. The number of carbonyl (C=O) groups is 1. The second-order valence-corrected chi connectivity index (χ2v) is 11.0. The Morgan fingerprint density at radius 3 is 2.49 bits per heavy atom. The summed E-state index contributed by atoms with van der Waals surface area (Å²) >= 11 is 0. The largest absolute Gasteiger partial charge is 0.362 e. The first-order valence-electron chi connectivity index (χ1n) is 13.2. The Kier molecular flexibility index (Phi) is 8.00. The van der Waals surface area contributed by atoms with Gasteiger partial charge in [0, 0.05) is 32.1 Å². The molecule has 0 spiro atoms. The summed E-state index contributed by atoms with van der Waals surface area (Å²) < 4.78 is 0. The fourth-order valence-corrected chi connectivity index (χ4v) is 4.97. The normalized spacial score (nSPS) is 17.8. The van der Waals surface area contributed by atoms with Crippen LogP contribution in [0.4, 0.5) is 16.6 Å². The number of para-hydroxylation sites is 1. The van der Waals surface area contributed by atoms with Crippen molar-refractivity contribution < 1.29 is 4.79 Å². The molecule has 0 radical (unpaired) electrons. The van der Waals surface area contributed by atoms with Crippen LogP contribution in [-0.2, 0) is 5.54 Å². The van der Waals surface area contributed by atoms with E-state index in [1.807, 2.05) is 76.2 Å². The van der Waals surface area contributed by atoms with Crippen molar-refractivity contribution in [3.05, 3.63) is 66.2 Å². The number of benzene rings is 2. The predicted octanol–water partition coefficient (Wildman–Crippen LogP) is 5.93. The van der Waals surface area contributed by atoms with E-state index in [1.165, 1.54) is 0 Å². The van der Waals surface area contributed by atoms with E-state index in [0.29, 0.717) is 24.5 Å². The number of urea groups is 1. The van der Waals surface area contributed by atoms with Crippen molar-refractivity contribution >= 4 is 34.3 Å². The van der Waals surface area contributed by atoms with Gasteiger partial charge in [0.15, 0.2) is 0 Å².